The van der Waals surface area contributed by atoms with E-state index in [9.17, 15) is 18.0 Å². The van der Waals surface area contributed by atoms with Crippen molar-refractivity contribution < 1.29 is 22.4 Å². The smallest absolute Gasteiger partial charge is 0.276 e. The van der Waals surface area contributed by atoms with Gasteiger partial charge in [-0.2, -0.15) is 0 Å². The van der Waals surface area contributed by atoms with E-state index in [1.807, 2.05) is 0 Å². The molecule has 3 aromatic heterocycles. The third kappa shape index (κ3) is 4.69. The molecule has 0 aromatic carbocycles. The first kappa shape index (κ1) is 22.4. The van der Waals surface area contributed by atoms with Crippen LogP contribution >= 0.6 is 22.9 Å². The van der Waals surface area contributed by atoms with Gasteiger partial charge in [0.05, 0.1) is 29.6 Å². The van der Waals surface area contributed by atoms with Crippen LogP contribution in [-0.2, 0) is 29.2 Å². The van der Waals surface area contributed by atoms with E-state index in [0.717, 1.165) is 48.6 Å². The van der Waals surface area contributed by atoms with Crippen LogP contribution in [0.3, 0.4) is 0 Å². The highest BCUT2D eigenvalue weighted by atomic mass is 35.5. The molecule has 9 nitrogen and oxygen atoms in total. The number of sulfone groups is 1. The van der Waals surface area contributed by atoms with Gasteiger partial charge in [-0.25, -0.2) is 18.4 Å². The first-order chi connectivity index (χ1) is 15.2. The zero-order chi connectivity index (χ0) is 22.9. The van der Waals surface area contributed by atoms with Crippen LogP contribution in [-0.4, -0.2) is 36.5 Å². The number of carbonyl (C=O) groups excluding carboxylic acids is 2. The molecule has 0 bridgehead atoms. The van der Waals surface area contributed by atoms with Crippen LogP contribution in [0.15, 0.2) is 34.2 Å². The van der Waals surface area contributed by atoms with Crippen molar-refractivity contribution in [2.45, 2.75) is 37.4 Å². The van der Waals surface area contributed by atoms with Crippen molar-refractivity contribution in [2.75, 3.05) is 11.6 Å². The molecule has 3 aromatic rings. The molecule has 1 aliphatic rings. The lowest BCUT2D eigenvalue weighted by Crippen LogP contribution is -2.25. The van der Waals surface area contributed by atoms with E-state index in [1.165, 1.54) is 17.6 Å². The highest BCUT2D eigenvalue weighted by Gasteiger charge is 2.28. The minimum absolute atomic E-state index is 0.0972. The van der Waals surface area contributed by atoms with Crippen LogP contribution in [0.25, 0.3) is 0 Å². The molecule has 168 valence electrons. The SMILES string of the molecule is CS(=O)(=O)c1ncc(Cl)c(C(=O)Nc2sc3c(c2C(=O)NCc2ccco2)CCCC3)n1. The number of hydrogen-bond donors (Lipinski definition) is 2. The third-order valence-corrected chi connectivity index (χ3v) is 7.24. The summed E-state index contributed by atoms with van der Waals surface area (Å²) in [6, 6.07) is 3.48. The van der Waals surface area contributed by atoms with Crippen molar-refractivity contribution >= 4 is 49.6 Å². The molecule has 0 fully saturated rings. The summed E-state index contributed by atoms with van der Waals surface area (Å²) in [5.74, 6) is -0.447. The fourth-order valence-electron chi connectivity index (χ4n) is 3.41. The Morgan fingerprint density at radius 3 is 2.75 bits per heavy atom. The van der Waals surface area contributed by atoms with Crippen LogP contribution in [0.2, 0.25) is 5.02 Å². The molecule has 0 saturated heterocycles. The highest BCUT2D eigenvalue weighted by Crippen LogP contribution is 2.38. The summed E-state index contributed by atoms with van der Waals surface area (Å²) in [6.45, 7) is 0.208. The first-order valence-corrected chi connectivity index (χ1v) is 12.8. The number of amides is 2. The standard InChI is InChI=1S/C20H19ClN4O5S2/c1-32(28,29)20-23-10-13(21)16(24-20)18(27)25-19-15(12-6-2-3-7-14(12)31-19)17(26)22-9-11-5-4-8-30-11/h4-5,8,10H,2-3,6-7,9H2,1H3,(H,22,26)(H,25,27). The number of anilines is 1. The molecule has 1 aliphatic carbocycles. The Bertz CT molecular complexity index is 1290. The van der Waals surface area contributed by atoms with Gasteiger partial charge in [0.25, 0.3) is 11.8 Å². The maximum atomic E-state index is 13.0. The Hall–Kier alpha value is -2.76. The van der Waals surface area contributed by atoms with Gasteiger partial charge >= 0.3 is 0 Å². The Labute approximate surface area is 193 Å². The number of rotatable bonds is 6. The number of aryl methyl sites for hydroxylation is 1. The Morgan fingerprint density at radius 2 is 2.03 bits per heavy atom. The van der Waals surface area contributed by atoms with Gasteiger partial charge in [-0.15, -0.1) is 11.3 Å². The average Bonchev–Trinajstić information content (AvgIpc) is 3.38. The van der Waals surface area contributed by atoms with E-state index >= 15 is 0 Å². The quantitative estimate of drug-likeness (QED) is 0.503. The maximum Gasteiger partial charge on any atom is 0.276 e. The van der Waals surface area contributed by atoms with E-state index in [1.54, 1.807) is 12.1 Å². The topological polar surface area (TPSA) is 131 Å². The molecule has 32 heavy (non-hydrogen) atoms. The van der Waals surface area contributed by atoms with Gasteiger partial charge in [-0.1, -0.05) is 11.6 Å². The molecule has 3 heterocycles. The van der Waals surface area contributed by atoms with Gasteiger partial charge in [0.1, 0.15) is 10.8 Å². The zero-order valence-corrected chi connectivity index (χ0v) is 19.4. The first-order valence-electron chi connectivity index (χ1n) is 9.73. The number of nitrogens with zero attached hydrogens (tertiary/aromatic N) is 2. The van der Waals surface area contributed by atoms with Crippen LogP contribution in [0.5, 0.6) is 0 Å². The molecule has 12 heteroatoms. The van der Waals surface area contributed by atoms with E-state index in [0.29, 0.717) is 16.3 Å². The lowest BCUT2D eigenvalue weighted by molar-refractivity contribution is 0.0948. The lowest BCUT2D eigenvalue weighted by Gasteiger charge is -2.13. The summed E-state index contributed by atoms with van der Waals surface area (Å²) in [4.78, 5) is 34.5. The Kier molecular flexibility index (Phi) is 6.31. The van der Waals surface area contributed by atoms with Crippen molar-refractivity contribution in [3.63, 3.8) is 0 Å². The zero-order valence-electron chi connectivity index (χ0n) is 17.0. The van der Waals surface area contributed by atoms with Crippen molar-refractivity contribution in [2.24, 2.45) is 0 Å². The van der Waals surface area contributed by atoms with E-state index in [-0.39, 0.29) is 23.2 Å². The predicted molar refractivity (Wildman–Crippen MR) is 119 cm³/mol. The van der Waals surface area contributed by atoms with Crippen LogP contribution in [0.1, 0.15) is 49.9 Å². The number of fused-ring (bicyclic) bond motifs is 1. The minimum atomic E-state index is -3.73. The molecular formula is C20H19ClN4O5S2. The summed E-state index contributed by atoms with van der Waals surface area (Å²) in [5, 5.41) is 5.29. The molecular weight excluding hydrogens is 476 g/mol. The average molecular weight is 495 g/mol. The number of furan rings is 1. The largest absolute Gasteiger partial charge is 0.467 e. The molecule has 0 unspecified atom stereocenters. The molecule has 2 N–H and O–H groups in total. The molecule has 0 spiro atoms. The van der Waals surface area contributed by atoms with Crippen molar-refractivity contribution in [3.8, 4) is 0 Å². The number of halogens is 1. The fourth-order valence-corrected chi connectivity index (χ4v) is 5.37. The Morgan fingerprint density at radius 1 is 1.25 bits per heavy atom. The molecule has 0 atom stereocenters. The highest BCUT2D eigenvalue weighted by molar-refractivity contribution is 7.90. The lowest BCUT2D eigenvalue weighted by atomic mass is 9.95. The molecule has 0 aliphatic heterocycles. The number of hydrogen-bond acceptors (Lipinski definition) is 8. The monoisotopic (exact) mass is 494 g/mol. The van der Waals surface area contributed by atoms with Gasteiger partial charge in [-0.05, 0) is 43.4 Å². The summed E-state index contributed by atoms with van der Waals surface area (Å²) in [7, 11) is -3.73. The van der Waals surface area contributed by atoms with E-state index < -0.39 is 20.9 Å². The fraction of sp³-hybridized carbons (Fsp3) is 0.300. The van der Waals surface area contributed by atoms with Gasteiger partial charge in [-0.3, -0.25) is 9.59 Å². The molecule has 0 radical (unpaired) electrons. The van der Waals surface area contributed by atoms with Crippen LogP contribution in [0.4, 0.5) is 5.00 Å². The van der Waals surface area contributed by atoms with Crippen molar-refractivity contribution in [1.29, 1.82) is 0 Å². The number of carbonyl (C=O) groups is 2. The van der Waals surface area contributed by atoms with Crippen LogP contribution in [0, 0.1) is 0 Å². The number of aromatic nitrogens is 2. The summed E-state index contributed by atoms with van der Waals surface area (Å²) in [5.41, 5.74) is 1.03. The normalized spacial score (nSPS) is 13.4. The third-order valence-electron chi connectivity index (χ3n) is 4.90. The molecule has 4 rings (SSSR count). The maximum absolute atomic E-state index is 13.0. The summed E-state index contributed by atoms with van der Waals surface area (Å²) in [6.07, 6.45) is 7.03. The Balaban J connectivity index is 1.64. The van der Waals surface area contributed by atoms with Gasteiger partial charge in [0, 0.05) is 11.1 Å². The second kappa shape index (κ2) is 9.00. The van der Waals surface area contributed by atoms with E-state index in [2.05, 4.69) is 20.6 Å². The van der Waals surface area contributed by atoms with Crippen molar-refractivity contribution in [1.82, 2.24) is 15.3 Å². The van der Waals surface area contributed by atoms with Crippen LogP contribution < -0.4 is 10.6 Å². The van der Waals surface area contributed by atoms with Gasteiger partial charge in [0.15, 0.2) is 5.69 Å². The number of nitrogens with one attached hydrogen (secondary N) is 2. The van der Waals surface area contributed by atoms with Gasteiger partial charge in [0.2, 0.25) is 15.0 Å². The summed E-state index contributed by atoms with van der Waals surface area (Å²) >= 11 is 7.38. The number of thiophene rings is 1. The molecule has 0 saturated carbocycles. The molecule has 2 amide bonds. The second-order valence-electron chi connectivity index (χ2n) is 7.25. The second-order valence-corrected chi connectivity index (χ2v) is 10.7. The van der Waals surface area contributed by atoms with E-state index in [4.69, 9.17) is 16.0 Å². The summed E-state index contributed by atoms with van der Waals surface area (Å²) < 4.78 is 28.8. The predicted octanol–water partition coefficient (Wildman–Crippen LogP) is 3.25. The van der Waals surface area contributed by atoms with Crippen molar-refractivity contribution in [3.05, 3.63) is 57.1 Å². The minimum Gasteiger partial charge on any atom is -0.467 e. The van der Waals surface area contributed by atoms with Gasteiger partial charge < -0.3 is 15.1 Å².